The van der Waals surface area contributed by atoms with Gasteiger partial charge in [0.1, 0.15) is 0 Å². The highest BCUT2D eigenvalue weighted by Gasteiger charge is 2.11. The summed E-state index contributed by atoms with van der Waals surface area (Å²) >= 11 is 7.15. The first-order valence-corrected chi connectivity index (χ1v) is 9.24. The van der Waals surface area contributed by atoms with Crippen molar-refractivity contribution in [1.29, 1.82) is 0 Å². The number of nitrogens with one attached hydrogen (secondary N) is 1. The molecule has 0 spiro atoms. The molecule has 5 heteroatoms. The molecule has 1 N–H and O–H groups in total. The van der Waals surface area contributed by atoms with E-state index in [4.69, 9.17) is 11.6 Å². The van der Waals surface area contributed by atoms with Crippen molar-refractivity contribution in [2.45, 2.75) is 32.4 Å². The highest BCUT2D eigenvalue weighted by atomic mass is 35.5. The van der Waals surface area contributed by atoms with Crippen molar-refractivity contribution in [1.82, 2.24) is 10.2 Å². The molecule has 3 nitrogen and oxygen atoms in total. The summed E-state index contributed by atoms with van der Waals surface area (Å²) in [6.07, 6.45) is 4.00. The van der Waals surface area contributed by atoms with Gasteiger partial charge in [-0.3, -0.25) is 9.69 Å². The van der Waals surface area contributed by atoms with E-state index < -0.39 is 0 Å². The molecule has 1 amide bonds. The summed E-state index contributed by atoms with van der Waals surface area (Å²) in [5.74, 6) is -0.0701. The van der Waals surface area contributed by atoms with Crippen molar-refractivity contribution >= 4 is 28.8 Å². The lowest BCUT2D eigenvalue weighted by Crippen LogP contribution is -2.29. The Bertz CT molecular complexity index is 647. The number of hydrogen-bond donors (Lipinski definition) is 1. The van der Waals surface area contributed by atoms with Crippen molar-refractivity contribution < 1.29 is 4.79 Å². The van der Waals surface area contributed by atoms with Crippen LogP contribution in [0.15, 0.2) is 36.4 Å². The minimum Gasteiger partial charge on any atom is -0.347 e. The van der Waals surface area contributed by atoms with E-state index in [9.17, 15) is 4.79 Å². The van der Waals surface area contributed by atoms with Gasteiger partial charge in [0.05, 0.1) is 9.21 Å². The fraction of sp³-hybridized carbons (Fsp3) is 0.389. The highest BCUT2D eigenvalue weighted by molar-refractivity contribution is 7.17. The van der Waals surface area contributed by atoms with Crippen LogP contribution in [0.1, 0.15) is 40.1 Å². The number of carbonyl (C=O) groups is 1. The zero-order valence-electron chi connectivity index (χ0n) is 13.1. The van der Waals surface area contributed by atoms with Gasteiger partial charge in [-0.05, 0) is 49.2 Å². The Morgan fingerprint density at radius 3 is 2.39 bits per heavy atom. The third-order valence-electron chi connectivity index (χ3n) is 4.13. The summed E-state index contributed by atoms with van der Waals surface area (Å²) < 4.78 is 0.636. The van der Waals surface area contributed by atoms with E-state index in [1.165, 1.54) is 49.3 Å². The third-order valence-corrected chi connectivity index (χ3v) is 5.36. The Morgan fingerprint density at radius 2 is 1.74 bits per heavy atom. The first-order valence-electron chi connectivity index (χ1n) is 8.04. The second-order valence-electron chi connectivity index (χ2n) is 5.94. The summed E-state index contributed by atoms with van der Waals surface area (Å²) in [5.41, 5.74) is 2.45. The minimum absolute atomic E-state index is 0.0701. The second-order valence-corrected chi connectivity index (χ2v) is 7.65. The number of hydrogen-bond acceptors (Lipinski definition) is 3. The number of nitrogens with zero attached hydrogens (tertiary/aromatic N) is 1. The molecule has 0 bridgehead atoms. The molecule has 2 aromatic rings. The number of thiophene rings is 1. The Hall–Kier alpha value is -1.36. The van der Waals surface area contributed by atoms with Gasteiger partial charge in [-0.15, -0.1) is 11.3 Å². The zero-order valence-corrected chi connectivity index (χ0v) is 14.6. The number of likely N-dealkylation sites (tertiary alicyclic amines) is 1. The van der Waals surface area contributed by atoms with Gasteiger partial charge in [0.2, 0.25) is 0 Å². The van der Waals surface area contributed by atoms with Crippen molar-refractivity contribution in [3.8, 4) is 0 Å². The molecule has 3 rings (SSSR count). The van der Waals surface area contributed by atoms with E-state index >= 15 is 0 Å². The molecule has 1 aromatic heterocycles. The molecular formula is C18H21ClN2OS. The molecule has 0 saturated carbocycles. The number of amides is 1. The summed E-state index contributed by atoms with van der Waals surface area (Å²) in [5, 5.41) is 2.93. The SMILES string of the molecule is O=C(NCc1ccc(CN2CCCCC2)cc1)c1ccc(Cl)s1. The van der Waals surface area contributed by atoms with Gasteiger partial charge in [0.15, 0.2) is 0 Å². The van der Waals surface area contributed by atoms with E-state index in [-0.39, 0.29) is 5.91 Å². The van der Waals surface area contributed by atoms with Crippen LogP contribution in [-0.2, 0) is 13.1 Å². The average molecular weight is 349 g/mol. The average Bonchev–Trinajstić information content (AvgIpc) is 3.01. The third kappa shape index (κ3) is 4.80. The van der Waals surface area contributed by atoms with Crippen LogP contribution in [-0.4, -0.2) is 23.9 Å². The molecule has 1 aromatic carbocycles. The Kier molecular flexibility index (Phi) is 5.70. The van der Waals surface area contributed by atoms with Gasteiger partial charge >= 0.3 is 0 Å². The summed E-state index contributed by atoms with van der Waals surface area (Å²) in [6.45, 7) is 3.99. The first kappa shape index (κ1) is 16.5. The van der Waals surface area contributed by atoms with Gasteiger partial charge in [-0.25, -0.2) is 0 Å². The monoisotopic (exact) mass is 348 g/mol. The van der Waals surface area contributed by atoms with Gasteiger partial charge < -0.3 is 5.32 Å². The summed E-state index contributed by atoms with van der Waals surface area (Å²) in [6, 6.07) is 12.0. The number of piperidine rings is 1. The van der Waals surface area contributed by atoms with Gasteiger partial charge in [0, 0.05) is 13.1 Å². The van der Waals surface area contributed by atoms with Crippen LogP contribution in [0.5, 0.6) is 0 Å². The Balaban J connectivity index is 1.50. The second kappa shape index (κ2) is 7.95. The van der Waals surface area contributed by atoms with E-state index in [0.29, 0.717) is 15.8 Å². The number of rotatable bonds is 5. The molecule has 0 unspecified atom stereocenters. The molecule has 2 heterocycles. The predicted octanol–water partition coefficient (Wildman–Crippen LogP) is 4.32. The fourth-order valence-electron chi connectivity index (χ4n) is 2.84. The van der Waals surface area contributed by atoms with Crippen LogP contribution in [0, 0.1) is 0 Å². The Labute approximate surface area is 146 Å². The molecule has 1 fully saturated rings. The van der Waals surface area contributed by atoms with Crippen LogP contribution >= 0.6 is 22.9 Å². The molecule has 0 aliphatic carbocycles. The summed E-state index contributed by atoms with van der Waals surface area (Å²) in [4.78, 5) is 15.2. The lowest BCUT2D eigenvalue weighted by molar-refractivity contribution is 0.0955. The van der Waals surface area contributed by atoms with Crippen molar-refractivity contribution in [2.75, 3.05) is 13.1 Å². The largest absolute Gasteiger partial charge is 0.347 e. The van der Waals surface area contributed by atoms with Gasteiger partial charge in [0.25, 0.3) is 5.91 Å². The van der Waals surface area contributed by atoms with Crippen molar-refractivity contribution in [3.05, 3.63) is 56.7 Å². The molecule has 122 valence electrons. The number of carbonyl (C=O) groups excluding carboxylic acids is 1. The van der Waals surface area contributed by atoms with Gasteiger partial charge in [-0.1, -0.05) is 42.3 Å². The molecule has 1 aliphatic heterocycles. The van der Waals surface area contributed by atoms with E-state index in [0.717, 1.165) is 12.1 Å². The van der Waals surface area contributed by atoms with Crippen LogP contribution in [0.25, 0.3) is 0 Å². The van der Waals surface area contributed by atoms with Crippen molar-refractivity contribution in [3.63, 3.8) is 0 Å². The fourth-order valence-corrected chi connectivity index (χ4v) is 3.80. The van der Waals surface area contributed by atoms with Crippen LogP contribution < -0.4 is 5.32 Å². The standard InChI is InChI=1S/C18H21ClN2OS/c19-17-9-8-16(23-17)18(22)20-12-14-4-6-15(7-5-14)13-21-10-2-1-3-11-21/h4-9H,1-3,10-13H2,(H,20,22). The van der Waals surface area contributed by atoms with E-state index in [1.807, 2.05) is 0 Å². The maximum atomic E-state index is 12.0. The normalized spacial score (nSPS) is 15.5. The lowest BCUT2D eigenvalue weighted by Gasteiger charge is -2.26. The van der Waals surface area contributed by atoms with Crippen molar-refractivity contribution in [2.24, 2.45) is 0 Å². The number of benzene rings is 1. The quantitative estimate of drug-likeness (QED) is 0.872. The molecule has 0 radical (unpaired) electrons. The van der Waals surface area contributed by atoms with Crippen LogP contribution in [0.2, 0.25) is 4.34 Å². The maximum absolute atomic E-state index is 12.0. The first-order chi connectivity index (χ1) is 11.2. The summed E-state index contributed by atoms with van der Waals surface area (Å²) in [7, 11) is 0. The number of halogens is 1. The lowest BCUT2D eigenvalue weighted by atomic mass is 10.1. The smallest absolute Gasteiger partial charge is 0.261 e. The highest BCUT2D eigenvalue weighted by Crippen LogP contribution is 2.21. The molecule has 1 aliphatic rings. The van der Waals surface area contributed by atoms with E-state index in [1.54, 1.807) is 12.1 Å². The predicted molar refractivity (Wildman–Crippen MR) is 96.1 cm³/mol. The molecule has 23 heavy (non-hydrogen) atoms. The van der Waals surface area contributed by atoms with E-state index in [2.05, 4.69) is 34.5 Å². The van der Waals surface area contributed by atoms with Crippen LogP contribution in [0.3, 0.4) is 0 Å². The zero-order chi connectivity index (χ0) is 16.1. The topological polar surface area (TPSA) is 32.3 Å². The van der Waals surface area contributed by atoms with Gasteiger partial charge in [-0.2, -0.15) is 0 Å². The van der Waals surface area contributed by atoms with Crippen LogP contribution in [0.4, 0.5) is 0 Å². The minimum atomic E-state index is -0.0701. The molecular weight excluding hydrogens is 328 g/mol. The Morgan fingerprint density at radius 1 is 1.04 bits per heavy atom. The molecule has 0 atom stereocenters. The molecule has 1 saturated heterocycles. The maximum Gasteiger partial charge on any atom is 0.261 e.